The summed E-state index contributed by atoms with van der Waals surface area (Å²) < 4.78 is 32.7. The van der Waals surface area contributed by atoms with Crippen molar-refractivity contribution in [3.63, 3.8) is 0 Å². The van der Waals surface area contributed by atoms with Crippen LogP contribution in [0.1, 0.15) is 32.1 Å². The third-order valence-corrected chi connectivity index (χ3v) is 7.85. The molecule has 1 atom stereocenters. The molecule has 2 fully saturated rings. The lowest BCUT2D eigenvalue weighted by Crippen LogP contribution is -2.60. The van der Waals surface area contributed by atoms with Gasteiger partial charge in [-0.05, 0) is 43.6 Å². The molecule has 0 aromatic carbocycles. The second kappa shape index (κ2) is 5.50. The normalized spacial score (nSPS) is 24.9. The van der Waals surface area contributed by atoms with Gasteiger partial charge in [0.05, 0.1) is 13.0 Å². The zero-order valence-corrected chi connectivity index (χ0v) is 14.0. The molecule has 1 aliphatic heterocycles. The Morgan fingerprint density at radius 3 is 2.73 bits per heavy atom. The zero-order chi connectivity index (χ0) is 16.0. The highest BCUT2D eigenvalue weighted by Gasteiger charge is 2.52. The topological polar surface area (TPSA) is 83.9 Å². The van der Waals surface area contributed by atoms with E-state index in [1.165, 1.54) is 28.8 Å². The van der Waals surface area contributed by atoms with Gasteiger partial charge >= 0.3 is 5.97 Å². The van der Waals surface area contributed by atoms with Gasteiger partial charge in [-0.1, -0.05) is 0 Å². The number of hydrogen-bond acceptors (Lipinski definition) is 5. The predicted molar refractivity (Wildman–Crippen MR) is 81.7 cm³/mol. The Hall–Kier alpha value is -1.12. The number of rotatable bonds is 4. The Morgan fingerprint density at radius 1 is 1.45 bits per heavy atom. The minimum atomic E-state index is -3.74. The number of ether oxygens (including phenoxy) is 1. The summed E-state index contributed by atoms with van der Waals surface area (Å²) in [6.45, 7) is 0.0522. The fourth-order valence-corrected chi connectivity index (χ4v) is 6.52. The number of carboxylic acids is 1. The molecule has 22 heavy (non-hydrogen) atoms. The summed E-state index contributed by atoms with van der Waals surface area (Å²) in [5.74, 6) is -1.56. The van der Waals surface area contributed by atoms with Crippen molar-refractivity contribution < 1.29 is 23.1 Å². The number of sulfonamides is 1. The van der Waals surface area contributed by atoms with E-state index in [9.17, 15) is 18.3 Å². The first kappa shape index (κ1) is 15.8. The van der Waals surface area contributed by atoms with Gasteiger partial charge in [0.15, 0.2) is 5.06 Å². The van der Waals surface area contributed by atoms with Crippen molar-refractivity contribution in [2.75, 3.05) is 13.7 Å². The van der Waals surface area contributed by atoms with Gasteiger partial charge in [0.25, 0.3) is 0 Å². The number of thiophene rings is 1. The van der Waals surface area contributed by atoms with Crippen LogP contribution in [0.2, 0.25) is 0 Å². The molecule has 8 heteroatoms. The van der Waals surface area contributed by atoms with E-state index in [0.29, 0.717) is 17.9 Å². The van der Waals surface area contributed by atoms with E-state index in [1.807, 2.05) is 0 Å². The molecule has 3 rings (SSSR count). The second-order valence-corrected chi connectivity index (χ2v) is 8.67. The number of methoxy groups -OCH3 is 1. The largest absolute Gasteiger partial charge is 0.486 e. The molecule has 6 nitrogen and oxygen atoms in total. The molecule has 0 bridgehead atoms. The lowest BCUT2D eigenvalue weighted by molar-refractivity contribution is -0.144. The molecule has 0 radical (unpaired) electrons. The van der Waals surface area contributed by atoms with Gasteiger partial charge in [0, 0.05) is 12.1 Å². The molecule has 0 amide bonds. The third kappa shape index (κ3) is 2.33. The van der Waals surface area contributed by atoms with E-state index >= 15 is 0 Å². The molecule has 1 spiro atoms. The summed E-state index contributed by atoms with van der Waals surface area (Å²) in [6, 6.07) is 1.54. The Kier molecular flexibility index (Phi) is 3.94. The Balaban J connectivity index is 2.00. The monoisotopic (exact) mass is 345 g/mol. The molecule has 1 unspecified atom stereocenters. The highest BCUT2D eigenvalue weighted by Crippen LogP contribution is 2.49. The van der Waals surface area contributed by atoms with Crippen molar-refractivity contribution in [2.45, 2.75) is 42.5 Å². The van der Waals surface area contributed by atoms with Crippen molar-refractivity contribution in [3.8, 4) is 5.06 Å². The van der Waals surface area contributed by atoms with Crippen LogP contribution in [0.15, 0.2) is 16.3 Å². The van der Waals surface area contributed by atoms with Crippen LogP contribution in [-0.4, -0.2) is 43.0 Å². The number of hydrogen-bond donors (Lipinski definition) is 1. The average Bonchev–Trinajstić information content (AvgIpc) is 2.94. The van der Waals surface area contributed by atoms with E-state index in [1.54, 1.807) is 5.38 Å². The highest BCUT2D eigenvalue weighted by atomic mass is 32.2. The quantitative estimate of drug-likeness (QED) is 0.904. The van der Waals surface area contributed by atoms with Crippen LogP contribution < -0.4 is 4.74 Å². The molecule has 1 saturated heterocycles. The second-order valence-electron chi connectivity index (χ2n) is 5.96. The Labute approximate surface area is 133 Å². The summed E-state index contributed by atoms with van der Waals surface area (Å²) in [6.07, 6.45) is 3.78. The van der Waals surface area contributed by atoms with Gasteiger partial charge in [0.2, 0.25) is 10.0 Å². The number of nitrogens with zero attached hydrogens (tertiary/aromatic N) is 1. The summed E-state index contributed by atoms with van der Waals surface area (Å²) >= 11 is 1.23. The number of carbonyl (C=O) groups is 1. The van der Waals surface area contributed by atoms with Gasteiger partial charge in [-0.3, -0.25) is 4.79 Å². The summed E-state index contributed by atoms with van der Waals surface area (Å²) in [5.41, 5.74) is -0.391. The number of piperidine rings is 1. The Morgan fingerprint density at radius 2 is 2.18 bits per heavy atom. The third-order valence-electron chi connectivity index (χ3n) is 4.86. The minimum Gasteiger partial charge on any atom is -0.486 e. The molecular formula is C14H19NO5S2. The fraction of sp³-hybridized carbons (Fsp3) is 0.643. The van der Waals surface area contributed by atoms with Crippen molar-refractivity contribution >= 4 is 27.3 Å². The van der Waals surface area contributed by atoms with Crippen LogP contribution in [0.25, 0.3) is 0 Å². The first-order valence-corrected chi connectivity index (χ1v) is 9.60. The summed E-state index contributed by atoms with van der Waals surface area (Å²) in [7, 11) is -2.30. The van der Waals surface area contributed by atoms with E-state index in [4.69, 9.17) is 4.74 Å². The average molecular weight is 345 g/mol. The first-order valence-electron chi connectivity index (χ1n) is 7.28. The van der Waals surface area contributed by atoms with Crippen LogP contribution >= 0.6 is 11.3 Å². The SMILES string of the molecule is COc1sccc1S(=O)(=O)N1CC(C(=O)O)CCC12CCC2. The number of aliphatic carboxylic acids is 1. The van der Waals surface area contributed by atoms with Gasteiger partial charge < -0.3 is 9.84 Å². The highest BCUT2D eigenvalue weighted by molar-refractivity contribution is 7.89. The first-order chi connectivity index (χ1) is 10.4. The molecule has 1 aromatic heterocycles. The maximum Gasteiger partial charge on any atom is 0.307 e. The van der Waals surface area contributed by atoms with E-state index in [-0.39, 0.29) is 11.4 Å². The van der Waals surface area contributed by atoms with E-state index in [2.05, 4.69) is 0 Å². The molecule has 122 valence electrons. The van der Waals surface area contributed by atoms with Crippen LogP contribution in [-0.2, 0) is 14.8 Å². The van der Waals surface area contributed by atoms with Crippen LogP contribution in [0.3, 0.4) is 0 Å². The lowest BCUT2D eigenvalue weighted by Gasteiger charge is -2.53. The van der Waals surface area contributed by atoms with Crippen molar-refractivity contribution in [2.24, 2.45) is 5.92 Å². The maximum absolute atomic E-state index is 13.1. The zero-order valence-electron chi connectivity index (χ0n) is 12.3. The fourth-order valence-electron chi connectivity index (χ4n) is 3.43. The molecule has 1 N–H and O–H groups in total. The van der Waals surface area contributed by atoms with Crippen molar-refractivity contribution in [3.05, 3.63) is 11.4 Å². The summed E-state index contributed by atoms with van der Waals surface area (Å²) in [4.78, 5) is 11.5. The predicted octanol–water partition coefficient (Wildman–Crippen LogP) is 2.16. The summed E-state index contributed by atoms with van der Waals surface area (Å²) in [5, 5.41) is 11.3. The van der Waals surface area contributed by atoms with Crippen LogP contribution in [0, 0.1) is 5.92 Å². The standard InChI is InChI=1S/C14H19NO5S2/c1-20-13-11(4-8-21-13)22(18,19)15-9-10(12(16)17)3-7-14(15)5-2-6-14/h4,8,10H,2-3,5-7,9H2,1H3,(H,16,17). The molecule has 2 aliphatic rings. The number of carboxylic acid groups (broad SMARTS) is 1. The van der Waals surface area contributed by atoms with Crippen molar-refractivity contribution in [1.29, 1.82) is 0 Å². The smallest absolute Gasteiger partial charge is 0.307 e. The molecule has 1 aliphatic carbocycles. The van der Waals surface area contributed by atoms with Gasteiger partial charge in [-0.15, -0.1) is 11.3 Å². The van der Waals surface area contributed by atoms with Crippen LogP contribution in [0.4, 0.5) is 0 Å². The maximum atomic E-state index is 13.1. The molecule has 1 aromatic rings. The van der Waals surface area contributed by atoms with Gasteiger partial charge in [0.1, 0.15) is 4.90 Å². The van der Waals surface area contributed by atoms with Crippen LogP contribution in [0.5, 0.6) is 5.06 Å². The Bertz CT molecular complexity index is 677. The molecule has 1 saturated carbocycles. The minimum absolute atomic E-state index is 0.0522. The van der Waals surface area contributed by atoms with E-state index < -0.39 is 27.4 Å². The van der Waals surface area contributed by atoms with Gasteiger partial charge in [-0.2, -0.15) is 4.31 Å². The van der Waals surface area contributed by atoms with Crippen molar-refractivity contribution in [1.82, 2.24) is 4.31 Å². The van der Waals surface area contributed by atoms with E-state index in [0.717, 1.165) is 19.3 Å². The van der Waals surface area contributed by atoms with Gasteiger partial charge in [-0.25, -0.2) is 8.42 Å². The molecular weight excluding hydrogens is 326 g/mol. The molecule has 2 heterocycles. The lowest BCUT2D eigenvalue weighted by atomic mass is 9.70.